The van der Waals surface area contributed by atoms with E-state index in [9.17, 15) is 4.39 Å². The van der Waals surface area contributed by atoms with Gasteiger partial charge in [-0.3, -0.25) is 0 Å². The number of thiophene rings is 2. The van der Waals surface area contributed by atoms with Gasteiger partial charge in [-0.05, 0) is 93.9 Å². The van der Waals surface area contributed by atoms with Crippen LogP contribution in [-0.4, -0.2) is 6.71 Å². The first-order valence-electron chi connectivity index (χ1n) is 14.7. The van der Waals surface area contributed by atoms with Crippen LogP contribution in [0.4, 0.5) is 38.5 Å². The second-order valence-electron chi connectivity index (χ2n) is 11.5. The first-order valence-corrected chi connectivity index (χ1v) is 16.4. The predicted octanol–water partition coefficient (Wildman–Crippen LogP) is 9.49. The van der Waals surface area contributed by atoms with Crippen molar-refractivity contribution in [1.29, 1.82) is 0 Å². The third-order valence-electron chi connectivity index (χ3n) is 9.17. The number of rotatable bonds is 2. The van der Waals surface area contributed by atoms with E-state index in [2.05, 4.69) is 118 Å². The standard InChI is InChI=1S/C38H22BFN2S2/c40-24-13-15-26(16-14-24)42-32-11-6-10-31-36(32)39(29-18-17-28-27-9-4-5-12-34(27)44-38(28)37(29)42)30-21-23-19-20-43-35(23)22-33(30)41(31)25-7-2-1-3-8-25/h1-22H. The van der Waals surface area contributed by atoms with Crippen molar-refractivity contribution in [2.75, 3.05) is 9.80 Å². The second kappa shape index (κ2) is 9.05. The molecule has 2 aliphatic rings. The van der Waals surface area contributed by atoms with Crippen LogP contribution in [0.25, 0.3) is 30.3 Å². The van der Waals surface area contributed by atoms with Gasteiger partial charge in [0.15, 0.2) is 0 Å². The summed E-state index contributed by atoms with van der Waals surface area (Å²) in [6, 6.07) is 44.6. The highest BCUT2D eigenvalue weighted by atomic mass is 32.1. The van der Waals surface area contributed by atoms with E-state index in [1.165, 1.54) is 63.7 Å². The SMILES string of the molecule is Fc1ccc(N2c3cccc4c3B(c3cc5ccsc5cc3N4c3ccccc3)c3ccc4c(sc5ccccc54)c32)cc1. The maximum Gasteiger partial charge on any atom is 0.252 e. The normalized spacial score (nSPS) is 13.4. The van der Waals surface area contributed by atoms with Crippen LogP contribution >= 0.6 is 22.7 Å². The Labute approximate surface area is 261 Å². The lowest BCUT2D eigenvalue weighted by atomic mass is 9.33. The van der Waals surface area contributed by atoms with Crippen LogP contribution in [0.2, 0.25) is 0 Å². The molecule has 0 fully saturated rings. The molecule has 0 unspecified atom stereocenters. The van der Waals surface area contributed by atoms with E-state index in [0.29, 0.717) is 0 Å². The third-order valence-corrected chi connectivity index (χ3v) is 11.2. The highest BCUT2D eigenvalue weighted by Gasteiger charge is 2.44. The molecule has 0 atom stereocenters. The summed E-state index contributed by atoms with van der Waals surface area (Å²) in [4.78, 5) is 4.80. The third kappa shape index (κ3) is 3.30. The summed E-state index contributed by atoms with van der Waals surface area (Å²) in [5.74, 6) is -0.233. The second-order valence-corrected chi connectivity index (χ2v) is 13.5. The lowest BCUT2D eigenvalue weighted by Gasteiger charge is -2.44. The molecule has 4 heterocycles. The average molecular weight is 601 g/mol. The van der Waals surface area contributed by atoms with Gasteiger partial charge in [-0.25, -0.2) is 4.39 Å². The van der Waals surface area contributed by atoms with Gasteiger partial charge in [0.05, 0.1) is 10.4 Å². The number of hydrogen-bond donors (Lipinski definition) is 0. The summed E-state index contributed by atoms with van der Waals surface area (Å²) in [7, 11) is 0. The minimum absolute atomic E-state index is 0.0433. The van der Waals surface area contributed by atoms with Crippen molar-refractivity contribution < 1.29 is 4.39 Å². The topological polar surface area (TPSA) is 6.48 Å². The summed E-state index contributed by atoms with van der Waals surface area (Å²) < 4.78 is 18.1. The molecule has 8 aromatic rings. The summed E-state index contributed by atoms with van der Waals surface area (Å²) in [6.45, 7) is 0.0433. The molecular formula is C38H22BFN2S2. The first kappa shape index (κ1) is 24.5. The van der Waals surface area contributed by atoms with E-state index in [0.717, 1.165) is 17.1 Å². The lowest BCUT2D eigenvalue weighted by molar-refractivity contribution is 0.628. The minimum atomic E-state index is -0.233. The van der Waals surface area contributed by atoms with Crippen LogP contribution < -0.4 is 26.2 Å². The molecule has 0 bridgehead atoms. The van der Waals surface area contributed by atoms with Crippen LogP contribution in [0.1, 0.15) is 0 Å². The summed E-state index contributed by atoms with van der Waals surface area (Å²) >= 11 is 3.63. The fourth-order valence-electron chi connectivity index (χ4n) is 7.36. The van der Waals surface area contributed by atoms with Gasteiger partial charge in [-0.2, -0.15) is 0 Å². The van der Waals surface area contributed by atoms with Crippen molar-refractivity contribution in [3.63, 3.8) is 0 Å². The number of fused-ring (bicyclic) bond motifs is 9. The van der Waals surface area contributed by atoms with Gasteiger partial charge >= 0.3 is 0 Å². The first-order chi connectivity index (χ1) is 21.7. The fraction of sp³-hybridized carbons (Fsp3) is 0. The maximum atomic E-state index is 14.3. The molecular weight excluding hydrogens is 578 g/mol. The Balaban J connectivity index is 1.36. The predicted molar refractivity (Wildman–Crippen MR) is 189 cm³/mol. The summed E-state index contributed by atoms with van der Waals surface area (Å²) in [5, 5.41) is 5.99. The van der Waals surface area contributed by atoms with E-state index >= 15 is 0 Å². The van der Waals surface area contributed by atoms with Crippen molar-refractivity contribution in [1.82, 2.24) is 0 Å². The zero-order valence-corrected chi connectivity index (χ0v) is 25.0. The number of anilines is 6. The van der Waals surface area contributed by atoms with Crippen molar-refractivity contribution in [3.05, 3.63) is 139 Å². The summed E-state index contributed by atoms with van der Waals surface area (Å²) in [5.41, 5.74) is 10.7. The molecule has 2 aromatic heterocycles. The number of nitrogens with zero attached hydrogens (tertiary/aromatic N) is 2. The van der Waals surface area contributed by atoms with Gasteiger partial charge in [-0.15, -0.1) is 22.7 Å². The Kier molecular flexibility index (Phi) is 5.05. The molecule has 0 saturated carbocycles. The van der Waals surface area contributed by atoms with Crippen LogP contribution in [0, 0.1) is 5.82 Å². The van der Waals surface area contributed by atoms with E-state index in [4.69, 9.17) is 0 Å². The highest BCUT2D eigenvalue weighted by molar-refractivity contribution is 7.26. The van der Waals surface area contributed by atoms with Crippen LogP contribution in [0.15, 0.2) is 133 Å². The van der Waals surface area contributed by atoms with Gasteiger partial charge in [0.25, 0.3) is 6.71 Å². The van der Waals surface area contributed by atoms with E-state index in [1.54, 1.807) is 23.5 Å². The smallest absolute Gasteiger partial charge is 0.252 e. The Morgan fingerprint density at radius 3 is 2.20 bits per heavy atom. The van der Waals surface area contributed by atoms with E-state index in [1.807, 2.05) is 23.5 Å². The highest BCUT2D eigenvalue weighted by Crippen LogP contribution is 2.48. The van der Waals surface area contributed by atoms with Crippen molar-refractivity contribution in [3.8, 4) is 0 Å². The number of hydrogen-bond acceptors (Lipinski definition) is 4. The molecule has 10 rings (SSSR count). The van der Waals surface area contributed by atoms with Gasteiger partial charge in [0.2, 0.25) is 0 Å². The van der Waals surface area contributed by atoms with Gasteiger partial charge in [0, 0.05) is 48.6 Å². The summed E-state index contributed by atoms with van der Waals surface area (Å²) in [6.07, 6.45) is 0. The Hall–Kier alpha value is -4.91. The zero-order valence-electron chi connectivity index (χ0n) is 23.4. The quantitative estimate of drug-likeness (QED) is 0.182. The van der Waals surface area contributed by atoms with Crippen molar-refractivity contribution >= 4 is 110 Å². The zero-order chi connectivity index (χ0) is 28.9. The fourth-order valence-corrected chi connectivity index (χ4v) is 9.42. The van der Waals surface area contributed by atoms with E-state index in [-0.39, 0.29) is 12.5 Å². The van der Waals surface area contributed by atoms with Gasteiger partial charge in [-0.1, -0.05) is 60.7 Å². The largest absolute Gasteiger partial charge is 0.311 e. The molecule has 0 spiro atoms. The van der Waals surface area contributed by atoms with Crippen LogP contribution in [0.3, 0.4) is 0 Å². The van der Waals surface area contributed by atoms with Crippen molar-refractivity contribution in [2.45, 2.75) is 0 Å². The molecule has 44 heavy (non-hydrogen) atoms. The Morgan fingerprint density at radius 2 is 1.34 bits per heavy atom. The Morgan fingerprint density at radius 1 is 0.568 bits per heavy atom. The van der Waals surface area contributed by atoms with Crippen LogP contribution in [0.5, 0.6) is 0 Å². The van der Waals surface area contributed by atoms with Gasteiger partial charge in [0.1, 0.15) is 5.82 Å². The van der Waals surface area contributed by atoms with Crippen molar-refractivity contribution in [2.24, 2.45) is 0 Å². The molecule has 206 valence electrons. The number of halogens is 1. The molecule has 2 nitrogen and oxygen atoms in total. The molecule has 0 aliphatic carbocycles. The number of para-hydroxylation sites is 1. The lowest BCUT2D eigenvalue weighted by Crippen LogP contribution is -2.61. The van der Waals surface area contributed by atoms with E-state index < -0.39 is 0 Å². The molecule has 0 radical (unpaired) electrons. The molecule has 0 N–H and O–H groups in total. The number of benzene rings is 6. The molecule has 0 saturated heterocycles. The monoisotopic (exact) mass is 600 g/mol. The molecule has 6 aromatic carbocycles. The maximum absolute atomic E-state index is 14.3. The van der Waals surface area contributed by atoms with Gasteiger partial charge < -0.3 is 9.80 Å². The van der Waals surface area contributed by atoms with Crippen LogP contribution in [-0.2, 0) is 0 Å². The molecule has 2 aliphatic heterocycles. The molecule has 0 amide bonds. The molecule has 6 heteroatoms. The average Bonchev–Trinajstić information content (AvgIpc) is 3.69. The minimum Gasteiger partial charge on any atom is -0.311 e. The Bertz CT molecular complexity index is 2430.